The summed E-state index contributed by atoms with van der Waals surface area (Å²) in [7, 11) is 0. The first kappa shape index (κ1) is 18.4. The Balaban J connectivity index is 1.62. The van der Waals surface area contributed by atoms with E-state index in [0.29, 0.717) is 17.8 Å². The Bertz CT molecular complexity index is 1120. The summed E-state index contributed by atoms with van der Waals surface area (Å²) in [5.41, 5.74) is 3.07. The van der Waals surface area contributed by atoms with E-state index in [4.69, 9.17) is 0 Å². The molecule has 1 amide bonds. The van der Waals surface area contributed by atoms with Crippen LogP contribution in [0.25, 0.3) is 11.0 Å². The Morgan fingerprint density at radius 2 is 1.69 bits per heavy atom. The number of aromatic amines is 1. The van der Waals surface area contributed by atoms with Gasteiger partial charge in [0.2, 0.25) is 0 Å². The molecule has 0 radical (unpaired) electrons. The van der Waals surface area contributed by atoms with E-state index in [1.165, 1.54) is 24.3 Å². The standard InChI is InChI=1S/C22H18N4O3/c27-22(16-10-12-17(13-11-16)26(28)29)25-20(14-15-6-2-1-3-7-15)21-23-18-8-4-5-9-19(18)24-21/h1-13,20H,14H2,(H,23,24)(H,25,27)/t20-/m0/s1. The van der Waals surface area contributed by atoms with Crippen LogP contribution < -0.4 is 5.32 Å². The van der Waals surface area contributed by atoms with Crippen LogP contribution in [-0.2, 0) is 6.42 Å². The van der Waals surface area contributed by atoms with Crippen LogP contribution in [0.4, 0.5) is 5.69 Å². The van der Waals surface area contributed by atoms with Gasteiger partial charge in [0, 0.05) is 17.7 Å². The first-order valence-corrected chi connectivity index (χ1v) is 9.14. The first-order valence-electron chi connectivity index (χ1n) is 9.14. The van der Waals surface area contributed by atoms with E-state index < -0.39 is 4.92 Å². The van der Waals surface area contributed by atoms with E-state index in [1.807, 2.05) is 54.6 Å². The second-order valence-electron chi connectivity index (χ2n) is 6.66. The number of carbonyl (C=O) groups is 1. The van der Waals surface area contributed by atoms with Crippen LogP contribution in [0, 0.1) is 10.1 Å². The summed E-state index contributed by atoms with van der Waals surface area (Å²) in [6.45, 7) is 0. The minimum Gasteiger partial charge on any atom is -0.342 e. The molecule has 7 heteroatoms. The number of benzene rings is 3. The number of aromatic nitrogens is 2. The van der Waals surface area contributed by atoms with E-state index in [-0.39, 0.29) is 17.6 Å². The molecule has 0 spiro atoms. The van der Waals surface area contributed by atoms with Crippen LogP contribution >= 0.6 is 0 Å². The van der Waals surface area contributed by atoms with Crippen molar-refractivity contribution in [2.75, 3.05) is 0 Å². The normalized spacial score (nSPS) is 11.9. The van der Waals surface area contributed by atoms with Gasteiger partial charge in [0.1, 0.15) is 5.82 Å². The van der Waals surface area contributed by atoms with Gasteiger partial charge in [0.15, 0.2) is 0 Å². The summed E-state index contributed by atoms with van der Waals surface area (Å²) in [5, 5.41) is 13.8. The highest BCUT2D eigenvalue weighted by molar-refractivity contribution is 5.94. The van der Waals surface area contributed by atoms with Gasteiger partial charge in [-0.1, -0.05) is 42.5 Å². The van der Waals surface area contributed by atoms with E-state index >= 15 is 0 Å². The molecular formula is C22H18N4O3. The monoisotopic (exact) mass is 386 g/mol. The summed E-state index contributed by atoms with van der Waals surface area (Å²) < 4.78 is 0. The van der Waals surface area contributed by atoms with Gasteiger partial charge in [-0.05, 0) is 36.2 Å². The maximum absolute atomic E-state index is 12.8. The number of non-ortho nitro benzene ring substituents is 1. The smallest absolute Gasteiger partial charge is 0.269 e. The van der Waals surface area contributed by atoms with Crippen LogP contribution in [-0.4, -0.2) is 20.8 Å². The lowest BCUT2D eigenvalue weighted by molar-refractivity contribution is -0.384. The van der Waals surface area contributed by atoms with Crippen molar-refractivity contribution >= 4 is 22.6 Å². The van der Waals surface area contributed by atoms with Gasteiger partial charge in [-0.2, -0.15) is 0 Å². The number of nitrogens with zero attached hydrogens (tertiary/aromatic N) is 2. The van der Waals surface area contributed by atoms with Crippen LogP contribution in [0.1, 0.15) is 27.8 Å². The number of H-pyrrole nitrogens is 1. The number of amides is 1. The average Bonchev–Trinajstić information content (AvgIpc) is 3.18. The van der Waals surface area contributed by atoms with Crippen LogP contribution in [0.5, 0.6) is 0 Å². The van der Waals surface area contributed by atoms with Crippen molar-refractivity contribution in [1.82, 2.24) is 15.3 Å². The van der Waals surface area contributed by atoms with E-state index in [2.05, 4.69) is 15.3 Å². The molecule has 0 aliphatic carbocycles. The topological polar surface area (TPSA) is 101 Å². The van der Waals surface area contributed by atoms with Gasteiger partial charge in [0.05, 0.1) is 22.0 Å². The Kier molecular flexibility index (Phi) is 5.03. The molecule has 0 aliphatic rings. The van der Waals surface area contributed by atoms with Crippen molar-refractivity contribution in [3.8, 4) is 0 Å². The molecule has 144 valence electrons. The van der Waals surface area contributed by atoms with Crippen molar-refractivity contribution in [1.29, 1.82) is 0 Å². The Labute approximate surface area is 166 Å². The number of nitro groups is 1. The number of para-hydroxylation sites is 2. The number of nitrogens with one attached hydrogen (secondary N) is 2. The molecule has 1 aromatic heterocycles. The van der Waals surface area contributed by atoms with E-state index in [1.54, 1.807) is 0 Å². The lowest BCUT2D eigenvalue weighted by Crippen LogP contribution is -2.30. The third-order valence-corrected chi connectivity index (χ3v) is 4.67. The molecule has 0 saturated heterocycles. The number of carbonyl (C=O) groups excluding carboxylic acids is 1. The van der Waals surface area contributed by atoms with Crippen molar-refractivity contribution in [3.63, 3.8) is 0 Å². The molecule has 0 bridgehead atoms. The minimum absolute atomic E-state index is 0.0559. The fourth-order valence-corrected chi connectivity index (χ4v) is 3.18. The average molecular weight is 386 g/mol. The zero-order valence-corrected chi connectivity index (χ0v) is 15.4. The highest BCUT2D eigenvalue weighted by Gasteiger charge is 2.20. The summed E-state index contributed by atoms with van der Waals surface area (Å²) in [6, 6.07) is 22.7. The van der Waals surface area contributed by atoms with Gasteiger partial charge in [-0.15, -0.1) is 0 Å². The predicted molar refractivity (Wildman–Crippen MR) is 110 cm³/mol. The minimum atomic E-state index is -0.492. The van der Waals surface area contributed by atoms with Crippen molar-refractivity contribution in [2.45, 2.75) is 12.5 Å². The molecular weight excluding hydrogens is 368 g/mol. The highest BCUT2D eigenvalue weighted by atomic mass is 16.6. The Hall–Kier alpha value is -4.00. The number of hydrogen-bond acceptors (Lipinski definition) is 4. The molecule has 1 heterocycles. The first-order chi connectivity index (χ1) is 14.1. The fourth-order valence-electron chi connectivity index (χ4n) is 3.18. The van der Waals surface area contributed by atoms with Gasteiger partial charge in [0.25, 0.3) is 11.6 Å². The van der Waals surface area contributed by atoms with Crippen LogP contribution in [0.15, 0.2) is 78.9 Å². The van der Waals surface area contributed by atoms with Gasteiger partial charge in [-0.3, -0.25) is 14.9 Å². The Morgan fingerprint density at radius 1 is 1.00 bits per heavy atom. The molecule has 2 N–H and O–H groups in total. The molecule has 0 aliphatic heterocycles. The maximum atomic E-state index is 12.8. The largest absolute Gasteiger partial charge is 0.342 e. The number of hydrogen-bond donors (Lipinski definition) is 2. The lowest BCUT2D eigenvalue weighted by Gasteiger charge is -2.17. The van der Waals surface area contributed by atoms with E-state index in [9.17, 15) is 14.9 Å². The van der Waals surface area contributed by atoms with Gasteiger partial charge >= 0.3 is 0 Å². The second-order valence-corrected chi connectivity index (χ2v) is 6.66. The number of nitro benzene ring substituents is 1. The molecule has 3 aromatic carbocycles. The molecule has 0 fully saturated rings. The summed E-state index contributed by atoms with van der Waals surface area (Å²) in [6.07, 6.45) is 0.555. The number of fused-ring (bicyclic) bond motifs is 1. The zero-order valence-electron chi connectivity index (χ0n) is 15.4. The molecule has 7 nitrogen and oxygen atoms in total. The van der Waals surface area contributed by atoms with Crippen molar-refractivity contribution in [3.05, 3.63) is 106 Å². The van der Waals surface area contributed by atoms with Crippen molar-refractivity contribution in [2.24, 2.45) is 0 Å². The fraction of sp³-hybridized carbons (Fsp3) is 0.0909. The van der Waals surface area contributed by atoms with Gasteiger partial charge < -0.3 is 10.3 Å². The summed E-state index contributed by atoms with van der Waals surface area (Å²) in [4.78, 5) is 31.0. The molecule has 1 atom stereocenters. The SMILES string of the molecule is O=C(N[C@@H](Cc1ccccc1)c1nc2ccccc2[nH]1)c1ccc([N+](=O)[O-])cc1. The zero-order chi connectivity index (χ0) is 20.2. The van der Waals surface area contributed by atoms with Gasteiger partial charge in [-0.25, -0.2) is 4.98 Å². The number of imidazole rings is 1. The van der Waals surface area contributed by atoms with E-state index in [0.717, 1.165) is 16.6 Å². The Morgan fingerprint density at radius 3 is 2.38 bits per heavy atom. The highest BCUT2D eigenvalue weighted by Crippen LogP contribution is 2.21. The lowest BCUT2D eigenvalue weighted by atomic mass is 10.0. The molecule has 4 rings (SSSR count). The third kappa shape index (κ3) is 4.14. The quantitative estimate of drug-likeness (QED) is 0.383. The van der Waals surface area contributed by atoms with Crippen LogP contribution in [0.2, 0.25) is 0 Å². The molecule has 4 aromatic rings. The second kappa shape index (κ2) is 7.93. The van der Waals surface area contributed by atoms with Crippen LogP contribution in [0.3, 0.4) is 0 Å². The predicted octanol–water partition coefficient (Wildman–Crippen LogP) is 4.18. The molecule has 0 unspecified atom stereocenters. The molecule has 29 heavy (non-hydrogen) atoms. The maximum Gasteiger partial charge on any atom is 0.269 e. The number of rotatable bonds is 6. The third-order valence-electron chi connectivity index (χ3n) is 4.67. The molecule has 0 saturated carbocycles. The summed E-state index contributed by atoms with van der Waals surface area (Å²) in [5.74, 6) is 0.339. The summed E-state index contributed by atoms with van der Waals surface area (Å²) >= 11 is 0. The van der Waals surface area contributed by atoms with Crippen molar-refractivity contribution < 1.29 is 9.72 Å².